The third kappa shape index (κ3) is 3.60. The van der Waals surface area contributed by atoms with Gasteiger partial charge >= 0.3 is 0 Å². The molecule has 0 spiro atoms. The Morgan fingerprint density at radius 2 is 1.52 bits per heavy atom. The predicted molar refractivity (Wildman–Crippen MR) is 123 cm³/mol. The van der Waals surface area contributed by atoms with E-state index in [0.29, 0.717) is 55.0 Å². The van der Waals surface area contributed by atoms with Gasteiger partial charge in [-0.25, -0.2) is 0 Å². The Hall–Kier alpha value is -3.15. The molecular formula is C24H19Cl2NO4. The van der Waals surface area contributed by atoms with E-state index < -0.39 is 0 Å². The van der Waals surface area contributed by atoms with Crippen LogP contribution < -0.4 is 14.2 Å². The number of methoxy groups -OCH3 is 3. The molecule has 31 heavy (non-hydrogen) atoms. The van der Waals surface area contributed by atoms with Gasteiger partial charge in [0.15, 0.2) is 17.3 Å². The van der Waals surface area contributed by atoms with Gasteiger partial charge < -0.3 is 19.2 Å². The molecule has 0 bridgehead atoms. The summed E-state index contributed by atoms with van der Waals surface area (Å²) in [7, 11) is 4.53. The van der Waals surface area contributed by atoms with Crippen LogP contribution in [0.25, 0.3) is 22.2 Å². The molecule has 1 N–H and O–H groups in total. The van der Waals surface area contributed by atoms with Gasteiger partial charge in [-0.3, -0.25) is 4.79 Å². The van der Waals surface area contributed by atoms with Crippen LogP contribution in [-0.4, -0.2) is 32.1 Å². The smallest absolute Gasteiger partial charge is 0.203 e. The van der Waals surface area contributed by atoms with Gasteiger partial charge in [-0.1, -0.05) is 59.6 Å². The number of H-pyrrole nitrogens is 1. The van der Waals surface area contributed by atoms with Crippen molar-refractivity contribution < 1.29 is 19.0 Å². The molecule has 5 nitrogen and oxygen atoms in total. The van der Waals surface area contributed by atoms with Crippen molar-refractivity contribution in [2.45, 2.75) is 0 Å². The zero-order valence-corrected chi connectivity index (χ0v) is 18.6. The van der Waals surface area contributed by atoms with Crippen LogP contribution in [0.1, 0.15) is 15.9 Å². The predicted octanol–water partition coefficient (Wildman–Crippen LogP) is 6.40. The first-order chi connectivity index (χ1) is 15.0. The fraction of sp³-hybridized carbons (Fsp3) is 0.125. The van der Waals surface area contributed by atoms with E-state index >= 15 is 0 Å². The molecule has 0 aliphatic rings. The number of nitrogens with one attached hydrogen (secondary N) is 1. The maximum atomic E-state index is 13.8. The summed E-state index contributed by atoms with van der Waals surface area (Å²) in [5.74, 6) is 0.987. The summed E-state index contributed by atoms with van der Waals surface area (Å²) in [5, 5.41) is 1.44. The second-order valence-corrected chi connectivity index (χ2v) is 7.55. The monoisotopic (exact) mass is 455 g/mol. The molecule has 3 aromatic carbocycles. The van der Waals surface area contributed by atoms with Crippen molar-refractivity contribution in [3.05, 3.63) is 75.8 Å². The van der Waals surface area contributed by atoms with Crippen molar-refractivity contribution in [2.24, 2.45) is 0 Å². The lowest BCUT2D eigenvalue weighted by molar-refractivity contribution is 0.104. The number of hydrogen-bond donors (Lipinski definition) is 1. The number of aromatic nitrogens is 1. The van der Waals surface area contributed by atoms with Gasteiger partial charge in [0, 0.05) is 10.9 Å². The van der Waals surface area contributed by atoms with Crippen molar-refractivity contribution in [3.63, 3.8) is 0 Å². The van der Waals surface area contributed by atoms with Gasteiger partial charge in [-0.05, 0) is 23.8 Å². The molecule has 0 saturated heterocycles. The van der Waals surface area contributed by atoms with Crippen LogP contribution in [-0.2, 0) is 0 Å². The summed E-state index contributed by atoms with van der Waals surface area (Å²) in [6.07, 6.45) is 0. The summed E-state index contributed by atoms with van der Waals surface area (Å²) < 4.78 is 16.2. The van der Waals surface area contributed by atoms with E-state index in [4.69, 9.17) is 37.4 Å². The zero-order chi connectivity index (χ0) is 22.1. The lowest BCUT2D eigenvalue weighted by atomic mass is 9.96. The van der Waals surface area contributed by atoms with Crippen molar-refractivity contribution in [3.8, 4) is 28.5 Å². The Bertz CT molecular complexity index is 1260. The molecule has 0 atom stereocenters. The highest BCUT2D eigenvalue weighted by Gasteiger charge is 2.25. The van der Waals surface area contributed by atoms with Crippen LogP contribution in [0.15, 0.2) is 54.6 Å². The number of halogens is 2. The Balaban J connectivity index is 2.00. The third-order valence-electron chi connectivity index (χ3n) is 5.08. The Kier molecular flexibility index (Phi) is 5.81. The van der Waals surface area contributed by atoms with E-state index in [9.17, 15) is 4.79 Å². The van der Waals surface area contributed by atoms with E-state index in [0.717, 1.165) is 5.56 Å². The molecule has 158 valence electrons. The number of carbonyl (C=O) groups is 1. The molecule has 0 unspecified atom stereocenters. The zero-order valence-electron chi connectivity index (χ0n) is 17.1. The minimum Gasteiger partial charge on any atom is -0.493 e. The largest absolute Gasteiger partial charge is 0.493 e. The number of rotatable bonds is 6. The van der Waals surface area contributed by atoms with Crippen molar-refractivity contribution in [2.75, 3.05) is 21.3 Å². The first kappa shape index (κ1) is 21.1. The van der Waals surface area contributed by atoms with Gasteiger partial charge in [-0.15, -0.1) is 0 Å². The fourth-order valence-corrected chi connectivity index (χ4v) is 3.99. The second-order valence-electron chi connectivity index (χ2n) is 6.77. The fourth-order valence-electron chi connectivity index (χ4n) is 3.62. The van der Waals surface area contributed by atoms with E-state index in [1.165, 1.54) is 21.3 Å². The molecule has 0 amide bonds. The van der Waals surface area contributed by atoms with Crippen molar-refractivity contribution in [1.82, 2.24) is 4.98 Å². The molecule has 0 aliphatic carbocycles. The average Bonchev–Trinajstić information content (AvgIpc) is 3.20. The maximum Gasteiger partial charge on any atom is 0.203 e. The molecule has 0 radical (unpaired) electrons. The van der Waals surface area contributed by atoms with Gasteiger partial charge in [0.2, 0.25) is 5.75 Å². The molecule has 0 saturated carbocycles. The van der Waals surface area contributed by atoms with Crippen LogP contribution in [0.5, 0.6) is 17.2 Å². The number of benzene rings is 3. The molecule has 7 heteroatoms. The van der Waals surface area contributed by atoms with Gasteiger partial charge in [0.25, 0.3) is 0 Å². The normalized spacial score (nSPS) is 10.9. The first-order valence-electron chi connectivity index (χ1n) is 9.40. The van der Waals surface area contributed by atoms with E-state index in [1.54, 1.807) is 24.3 Å². The van der Waals surface area contributed by atoms with Crippen LogP contribution in [0, 0.1) is 0 Å². The number of fused-ring (bicyclic) bond motifs is 1. The number of carbonyl (C=O) groups excluding carboxylic acids is 1. The summed E-state index contributed by atoms with van der Waals surface area (Å²) in [6.45, 7) is 0. The average molecular weight is 456 g/mol. The molecule has 0 aliphatic heterocycles. The van der Waals surface area contributed by atoms with Gasteiger partial charge in [-0.2, -0.15) is 0 Å². The minimum absolute atomic E-state index is 0.220. The summed E-state index contributed by atoms with van der Waals surface area (Å²) in [4.78, 5) is 17.1. The standard InChI is InChI=1S/C24H19Cl2NO4/c1-29-17-11-14(12-18(30-2)24(17)31-3)23(28)19-15-9-10-16(25)20(26)22(15)27-21(19)13-7-5-4-6-8-13/h4-12,27H,1-3H3. The Morgan fingerprint density at radius 3 is 2.10 bits per heavy atom. The Morgan fingerprint density at radius 1 is 0.871 bits per heavy atom. The highest BCUT2D eigenvalue weighted by Crippen LogP contribution is 2.41. The van der Waals surface area contributed by atoms with E-state index in [-0.39, 0.29) is 5.78 Å². The highest BCUT2D eigenvalue weighted by molar-refractivity contribution is 6.45. The molecule has 1 aromatic heterocycles. The number of aromatic amines is 1. The van der Waals surface area contributed by atoms with Crippen LogP contribution >= 0.6 is 23.2 Å². The molecular weight excluding hydrogens is 437 g/mol. The van der Waals surface area contributed by atoms with Crippen molar-refractivity contribution >= 4 is 39.9 Å². The molecule has 4 rings (SSSR count). The molecule has 0 fully saturated rings. The summed E-state index contributed by atoms with van der Waals surface area (Å²) in [5.41, 5.74) is 2.97. The van der Waals surface area contributed by atoms with Gasteiger partial charge in [0.1, 0.15) is 0 Å². The van der Waals surface area contributed by atoms with Gasteiger partial charge in [0.05, 0.1) is 48.1 Å². The highest BCUT2D eigenvalue weighted by atomic mass is 35.5. The van der Waals surface area contributed by atoms with Crippen LogP contribution in [0.4, 0.5) is 0 Å². The Labute approximate surface area is 189 Å². The van der Waals surface area contributed by atoms with E-state index in [1.807, 2.05) is 30.3 Å². The number of ketones is 1. The van der Waals surface area contributed by atoms with Crippen molar-refractivity contribution in [1.29, 1.82) is 0 Å². The number of ether oxygens (including phenoxy) is 3. The first-order valence-corrected chi connectivity index (χ1v) is 10.2. The molecule has 1 heterocycles. The van der Waals surface area contributed by atoms with Crippen LogP contribution in [0.2, 0.25) is 10.0 Å². The maximum absolute atomic E-state index is 13.8. The quantitative estimate of drug-likeness (QED) is 0.341. The van der Waals surface area contributed by atoms with Crippen LogP contribution in [0.3, 0.4) is 0 Å². The van der Waals surface area contributed by atoms with E-state index in [2.05, 4.69) is 4.98 Å². The second kappa shape index (κ2) is 8.53. The topological polar surface area (TPSA) is 60.6 Å². The summed E-state index contributed by atoms with van der Waals surface area (Å²) in [6, 6.07) is 16.3. The SMILES string of the molecule is COc1cc(C(=O)c2c(-c3ccccc3)[nH]c3c(Cl)c(Cl)ccc23)cc(OC)c1OC. The number of hydrogen-bond acceptors (Lipinski definition) is 4. The minimum atomic E-state index is -0.220. The lowest BCUT2D eigenvalue weighted by Crippen LogP contribution is -2.05. The lowest BCUT2D eigenvalue weighted by Gasteiger charge is -2.14. The molecule has 4 aromatic rings. The summed E-state index contributed by atoms with van der Waals surface area (Å²) >= 11 is 12.7. The third-order valence-corrected chi connectivity index (χ3v) is 5.88.